The number of nitrogens with one attached hydrogen (secondary N) is 1. The molecule has 0 fully saturated rings. The number of carbonyl (C=O) groups is 1. The van der Waals surface area contributed by atoms with Crippen LogP contribution >= 0.6 is 11.8 Å². The summed E-state index contributed by atoms with van der Waals surface area (Å²) in [5.41, 5.74) is 2.25. The second-order valence-electron chi connectivity index (χ2n) is 5.74. The van der Waals surface area contributed by atoms with E-state index in [1.165, 1.54) is 11.8 Å². The van der Waals surface area contributed by atoms with Gasteiger partial charge < -0.3 is 9.88 Å². The van der Waals surface area contributed by atoms with Crippen molar-refractivity contribution in [3.05, 3.63) is 97.2 Å². The molecule has 0 saturated heterocycles. The van der Waals surface area contributed by atoms with Gasteiger partial charge in [0.25, 0.3) is 5.91 Å². The molecule has 2 aromatic carbocycles. The molecule has 2 heterocycles. The maximum atomic E-state index is 12.8. The Morgan fingerprint density at radius 2 is 1.74 bits per heavy atom. The molecule has 0 unspecified atom stereocenters. The Hall–Kier alpha value is -3.38. The summed E-state index contributed by atoms with van der Waals surface area (Å²) >= 11 is 1.47. The number of hydrogen-bond acceptors (Lipinski definition) is 4. The SMILES string of the molecule is O=C(Nc1ccc(-n2ccnc2)cc1)c1cccnc1Sc1ccccc1. The normalized spacial score (nSPS) is 10.5. The van der Waals surface area contributed by atoms with E-state index < -0.39 is 0 Å². The maximum Gasteiger partial charge on any atom is 0.258 e. The fraction of sp³-hybridized carbons (Fsp3) is 0. The molecule has 0 spiro atoms. The van der Waals surface area contributed by atoms with Crippen molar-refractivity contribution in [2.75, 3.05) is 5.32 Å². The molecule has 0 aliphatic carbocycles. The van der Waals surface area contributed by atoms with Gasteiger partial charge in [-0.05, 0) is 48.5 Å². The van der Waals surface area contributed by atoms with Gasteiger partial charge in [-0.15, -0.1) is 0 Å². The van der Waals surface area contributed by atoms with E-state index in [1.54, 1.807) is 30.9 Å². The summed E-state index contributed by atoms with van der Waals surface area (Å²) in [5.74, 6) is -0.183. The Labute approximate surface area is 161 Å². The number of hydrogen-bond donors (Lipinski definition) is 1. The Kier molecular flexibility index (Phi) is 4.98. The summed E-state index contributed by atoms with van der Waals surface area (Å²) in [4.78, 5) is 22.2. The summed E-state index contributed by atoms with van der Waals surface area (Å²) in [5, 5.41) is 3.62. The topological polar surface area (TPSA) is 59.8 Å². The third kappa shape index (κ3) is 4.07. The van der Waals surface area contributed by atoms with Crippen LogP contribution in [0.1, 0.15) is 10.4 Å². The quantitative estimate of drug-likeness (QED) is 0.553. The first-order valence-electron chi connectivity index (χ1n) is 8.37. The van der Waals surface area contributed by atoms with Crippen molar-refractivity contribution in [2.24, 2.45) is 0 Å². The van der Waals surface area contributed by atoms with Crippen LogP contribution in [0.2, 0.25) is 0 Å². The van der Waals surface area contributed by atoms with Crippen LogP contribution in [-0.2, 0) is 0 Å². The number of pyridine rings is 1. The predicted molar refractivity (Wildman–Crippen MR) is 106 cm³/mol. The minimum absolute atomic E-state index is 0.183. The average Bonchev–Trinajstić information content (AvgIpc) is 3.25. The number of benzene rings is 2. The van der Waals surface area contributed by atoms with Crippen LogP contribution in [0.5, 0.6) is 0 Å². The zero-order valence-corrected chi connectivity index (χ0v) is 15.1. The molecule has 0 aliphatic heterocycles. The first-order chi connectivity index (χ1) is 13.3. The summed E-state index contributed by atoms with van der Waals surface area (Å²) in [6, 6.07) is 21.0. The Morgan fingerprint density at radius 1 is 0.926 bits per heavy atom. The van der Waals surface area contributed by atoms with Crippen molar-refractivity contribution >= 4 is 23.4 Å². The Balaban J connectivity index is 1.52. The lowest BCUT2D eigenvalue weighted by atomic mass is 10.2. The van der Waals surface area contributed by atoms with E-state index in [1.807, 2.05) is 65.4 Å². The van der Waals surface area contributed by atoms with Crippen LogP contribution in [0.3, 0.4) is 0 Å². The van der Waals surface area contributed by atoms with Crippen molar-refractivity contribution in [2.45, 2.75) is 9.92 Å². The largest absolute Gasteiger partial charge is 0.322 e. The molecule has 1 amide bonds. The highest BCUT2D eigenvalue weighted by Gasteiger charge is 2.13. The van der Waals surface area contributed by atoms with Gasteiger partial charge in [0.05, 0.1) is 11.9 Å². The van der Waals surface area contributed by atoms with E-state index in [9.17, 15) is 4.79 Å². The van der Waals surface area contributed by atoms with Gasteiger partial charge >= 0.3 is 0 Å². The standard InChI is InChI=1S/C21H16N4OS/c26-20(24-16-8-10-17(11-9-16)25-14-13-22-15-25)19-7-4-12-23-21(19)27-18-5-2-1-3-6-18/h1-15H,(H,24,26). The number of rotatable bonds is 5. The summed E-state index contributed by atoms with van der Waals surface area (Å²) in [6.07, 6.45) is 7.03. The van der Waals surface area contributed by atoms with Crippen LogP contribution < -0.4 is 5.32 Å². The molecule has 132 valence electrons. The highest BCUT2D eigenvalue weighted by atomic mass is 32.2. The monoisotopic (exact) mass is 372 g/mol. The lowest BCUT2D eigenvalue weighted by Gasteiger charge is -2.10. The number of amides is 1. The van der Waals surface area contributed by atoms with Crippen LogP contribution in [-0.4, -0.2) is 20.4 Å². The fourth-order valence-corrected chi connectivity index (χ4v) is 3.47. The predicted octanol–water partition coefficient (Wildman–Crippen LogP) is 4.67. The molecule has 0 saturated carbocycles. The molecule has 0 bridgehead atoms. The molecule has 4 rings (SSSR count). The second-order valence-corrected chi connectivity index (χ2v) is 6.80. The van der Waals surface area contributed by atoms with Crippen LogP contribution in [0, 0.1) is 0 Å². The molecule has 0 radical (unpaired) electrons. The molecule has 0 atom stereocenters. The first-order valence-corrected chi connectivity index (χ1v) is 9.19. The van der Waals surface area contributed by atoms with Gasteiger partial charge in [0.15, 0.2) is 0 Å². The molecular weight excluding hydrogens is 356 g/mol. The van der Waals surface area contributed by atoms with E-state index in [4.69, 9.17) is 0 Å². The van der Waals surface area contributed by atoms with Crippen LogP contribution in [0.15, 0.2) is 102 Å². The molecular formula is C21H16N4OS. The molecule has 5 nitrogen and oxygen atoms in total. The van der Waals surface area contributed by atoms with Crippen molar-refractivity contribution in [1.29, 1.82) is 0 Å². The van der Waals surface area contributed by atoms with Crippen LogP contribution in [0.4, 0.5) is 5.69 Å². The molecule has 2 aromatic heterocycles. The number of carbonyl (C=O) groups excluding carboxylic acids is 1. The molecule has 0 aliphatic rings. The van der Waals surface area contributed by atoms with Crippen LogP contribution in [0.25, 0.3) is 5.69 Å². The Morgan fingerprint density at radius 3 is 2.48 bits per heavy atom. The summed E-state index contributed by atoms with van der Waals surface area (Å²) < 4.78 is 1.90. The summed E-state index contributed by atoms with van der Waals surface area (Å²) in [6.45, 7) is 0. The number of aromatic nitrogens is 3. The third-order valence-electron chi connectivity index (χ3n) is 3.90. The molecule has 6 heteroatoms. The van der Waals surface area contributed by atoms with Crippen molar-refractivity contribution in [3.63, 3.8) is 0 Å². The number of anilines is 1. The lowest BCUT2D eigenvalue weighted by molar-refractivity contribution is 0.102. The van der Waals surface area contributed by atoms with Crippen molar-refractivity contribution in [3.8, 4) is 5.69 Å². The highest BCUT2D eigenvalue weighted by Crippen LogP contribution is 2.28. The van der Waals surface area contributed by atoms with E-state index in [0.29, 0.717) is 10.6 Å². The van der Waals surface area contributed by atoms with Gasteiger partial charge in [-0.25, -0.2) is 9.97 Å². The minimum Gasteiger partial charge on any atom is -0.322 e. The maximum absolute atomic E-state index is 12.8. The fourth-order valence-electron chi connectivity index (χ4n) is 2.57. The van der Waals surface area contributed by atoms with Crippen molar-refractivity contribution < 1.29 is 4.79 Å². The minimum atomic E-state index is -0.183. The van der Waals surface area contributed by atoms with E-state index in [2.05, 4.69) is 15.3 Å². The molecule has 1 N–H and O–H groups in total. The average molecular weight is 372 g/mol. The Bertz CT molecular complexity index is 1030. The van der Waals surface area contributed by atoms with Gasteiger partial charge in [-0.2, -0.15) is 0 Å². The molecule has 27 heavy (non-hydrogen) atoms. The third-order valence-corrected chi connectivity index (χ3v) is 4.93. The van der Waals surface area contributed by atoms with E-state index in [-0.39, 0.29) is 5.91 Å². The smallest absolute Gasteiger partial charge is 0.258 e. The zero-order chi connectivity index (χ0) is 18.5. The number of nitrogens with zero attached hydrogens (tertiary/aromatic N) is 3. The second kappa shape index (κ2) is 7.88. The lowest BCUT2D eigenvalue weighted by Crippen LogP contribution is -2.13. The van der Waals surface area contributed by atoms with Gasteiger partial charge in [-0.3, -0.25) is 4.79 Å². The summed E-state index contributed by atoms with van der Waals surface area (Å²) in [7, 11) is 0. The molecule has 4 aromatic rings. The van der Waals surface area contributed by atoms with Crippen molar-refractivity contribution in [1.82, 2.24) is 14.5 Å². The van der Waals surface area contributed by atoms with E-state index >= 15 is 0 Å². The highest BCUT2D eigenvalue weighted by molar-refractivity contribution is 7.99. The zero-order valence-electron chi connectivity index (χ0n) is 14.3. The first kappa shape index (κ1) is 17.1. The van der Waals surface area contributed by atoms with Gasteiger partial charge in [0, 0.05) is 34.9 Å². The van der Waals surface area contributed by atoms with E-state index in [0.717, 1.165) is 16.3 Å². The number of imidazole rings is 1. The van der Waals surface area contributed by atoms with Gasteiger partial charge in [-0.1, -0.05) is 30.0 Å². The van der Waals surface area contributed by atoms with Gasteiger partial charge in [0.2, 0.25) is 0 Å². The van der Waals surface area contributed by atoms with Gasteiger partial charge in [0.1, 0.15) is 5.03 Å².